The molecule has 0 aromatic rings. The van der Waals surface area contributed by atoms with Gasteiger partial charge in [0.25, 0.3) is 0 Å². The first-order valence-corrected chi connectivity index (χ1v) is 24.1. The second kappa shape index (κ2) is 48.5. The summed E-state index contributed by atoms with van der Waals surface area (Å²) in [7, 11) is 0. The highest BCUT2D eigenvalue weighted by atomic mass is 16.6. The van der Waals surface area contributed by atoms with Crippen molar-refractivity contribution in [3.8, 4) is 0 Å². The quantitative estimate of drug-likeness (QED) is 0.0201. The Morgan fingerprint density at radius 2 is 0.705 bits per heavy atom. The molecule has 1 atom stereocenters. The Hall–Kier alpha value is -4.19. The summed E-state index contributed by atoms with van der Waals surface area (Å²) in [5.41, 5.74) is 0. The van der Waals surface area contributed by atoms with Gasteiger partial charge in [0.05, 0.1) is 0 Å². The van der Waals surface area contributed by atoms with Crippen molar-refractivity contribution in [3.05, 3.63) is 122 Å². The maximum absolute atomic E-state index is 12.8. The number of unbranched alkanes of at least 4 members (excludes halogenated alkanes) is 11. The second-order valence-corrected chi connectivity index (χ2v) is 15.3. The van der Waals surface area contributed by atoms with Crippen molar-refractivity contribution >= 4 is 17.9 Å². The van der Waals surface area contributed by atoms with E-state index in [0.717, 1.165) is 103 Å². The summed E-state index contributed by atoms with van der Waals surface area (Å²) in [6.07, 6.45) is 66.2. The van der Waals surface area contributed by atoms with Gasteiger partial charge in [-0.25, -0.2) is 0 Å². The molecule has 1 unspecified atom stereocenters. The molecule has 0 radical (unpaired) electrons. The predicted molar refractivity (Wildman–Crippen MR) is 260 cm³/mol. The molecule has 0 saturated heterocycles. The maximum Gasteiger partial charge on any atom is 0.306 e. The van der Waals surface area contributed by atoms with Gasteiger partial charge in [0.15, 0.2) is 6.10 Å². The first-order chi connectivity index (χ1) is 30.0. The fourth-order valence-corrected chi connectivity index (χ4v) is 5.90. The van der Waals surface area contributed by atoms with Crippen molar-refractivity contribution in [3.63, 3.8) is 0 Å². The number of carbonyl (C=O) groups is 3. The smallest absolute Gasteiger partial charge is 0.306 e. The zero-order chi connectivity index (χ0) is 44.4. The number of allylic oxidation sites excluding steroid dienone is 20. The molecule has 0 saturated carbocycles. The van der Waals surface area contributed by atoms with E-state index in [0.29, 0.717) is 12.8 Å². The Bertz CT molecular complexity index is 1340. The zero-order valence-electron chi connectivity index (χ0n) is 38.9. The van der Waals surface area contributed by atoms with Crippen LogP contribution in [0, 0.1) is 0 Å². The molecule has 0 amide bonds. The van der Waals surface area contributed by atoms with Crippen LogP contribution in [0.2, 0.25) is 0 Å². The Kier molecular flexibility index (Phi) is 45.1. The molecule has 61 heavy (non-hydrogen) atoms. The van der Waals surface area contributed by atoms with Crippen molar-refractivity contribution in [2.45, 2.75) is 194 Å². The molecule has 0 spiro atoms. The normalized spacial score (nSPS) is 13.2. The average Bonchev–Trinajstić information content (AvgIpc) is 3.26. The van der Waals surface area contributed by atoms with Crippen LogP contribution in [0.25, 0.3) is 0 Å². The van der Waals surface area contributed by atoms with E-state index in [1.54, 1.807) is 0 Å². The van der Waals surface area contributed by atoms with Gasteiger partial charge < -0.3 is 14.2 Å². The van der Waals surface area contributed by atoms with E-state index >= 15 is 0 Å². The van der Waals surface area contributed by atoms with Crippen LogP contribution in [-0.4, -0.2) is 37.2 Å². The fourth-order valence-electron chi connectivity index (χ4n) is 5.90. The molecule has 0 aromatic carbocycles. The van der Waals surface area contributed by atoms with Crippen LogP contribution in [0.1, 0.15) is 188 Å². The summed E-state index contributed by atoms with van der Waals surface area (Å²) in [5.74, 6) is -1.06. The third-order valence-corrected chi connectivity index (χ3v) is 9.46. The molecule has 0 fully saturated rings. The molecular formula is C55H86O6. The number of ether oxygens (including phenoxy) is 3. The lowest BCUT2D eigenvalue weighted by molar-refractivity contribution is -0.167. The van der Waals surface area contributed by atoms with E-state index in [9.17, 15) is 14.4 Å². The van der Waals surface area contributed by atoms with Gasteiger partial charge in [-0.3, -0.25) is 14.4 Å². The molecule has 0 heterocycles. The number of carbonyl (C=O) groups excluding carboxylic acids is 3. The molecule has 0 aromatic heterocycles. The Morgan fingerprint density at radius 3 is 1.13 bits per heavy atom. The van der Waals surface area contributed by atoms with Gasteiger partial charge in [-0.05, 0) is 109 Å². The number of hydrogen-bond donors (Lipinski definition) is 0. The second-order valence-electron chi connectivity index (χ2n) is 15.3. The van der Waals surface area contributed by atoms with Crippen LogP contribution in [0.4, 0.5) is 0 Å². The van der Waals surface area contributed by atoms with Crippen molar-refractivity contribution in [1.29, 1.82) is 0 Å². The summed E-state index contributed by atoms with van der Waals surface area (Å²) >= 11 is 0. The summed E-state index contributed by atoms with van der Waals surface area (Å²) in [6, 6.07) is 0. The average molecular weight is 843 g/mol. The molecule has 0 rings (SSSR count). The molecule has 0 aliphatic carbocycles. The first kappa shape index (κ1) is 56.8. The van der Waals surface area contributed by atoms with Crippen molar-refractivity contribution < 1.29 is 28.6 Å². The molecule has 6 nitrogen and oxygen atoms in total. The lowest BCUT2D eigenvalue weighted by atomic mass is 10.1. The van der Waals surface area contributed by atoms with E-state index in [4.69, 9.17) is 14.2 Å². The van der Waals surface area contributed by atoms with Crippen LogP contribution < -0.4 is 0 Å². The van der Waals surface area contributed by atoms with Crippen LogP contribution in [-0.2, 0) is 28.6 Å². The van der Waals surface area contributed by atoms with Gasteiger partial charge in [0.1, 0.15) is 13.2 Å². The topological polar surface area (TPSA) is 78.9 Å². The molecular weight excluding hydrogens is 757 g/mol. The molecule has 0 aliphatic heterocycles. The van der Waals surface area contributed by atoms with E-state index in [-0.39, 0.29) is 50.4 Å². The fraction of sp³-hybridized carbons (Fsp3) is 0.582. The molecule has 6 heteroatoms. The lowest BCUT2D eigenvalue weighted by Crippen LogP contribution is -2.30. The monoisotopic (exact) mass is 843 g/mol. The van der Waals surface area contributed by atoms with Gasteiger partial charge in [-0.1, -0.05) is 181 Å². The Labute approximate surface area is 373 Å². The third-order valence-electron chi connectivity index (χ3n) is 9.46. The zero-order valence-corrected chi connectivity index (χ0v) is 38.9. The van der Waals surface area contributed by atoms with Crippen LogP contribution in [0.3, 0.4) is 0 Å². The highest BCUT2D eigenvalue weighted by molar-refractivity contribution is 5.71. The van der Waals surface area contributed by atoms with Gasteiger partial charge in [0, 0.05) is 19.3 Å². The van der Waals surface area contributed by atoms with Crippen LogP contribution in [0.5, 0.6) is 0 Å². The lowest BCUT2D eigenvalue weighted by Gasteiger charge is -2.18. The van der Waals surface area contributed by atoms with Crippen LogP contribution in [0.15, 0.2) is 122 Å². The van der Waals surface area contributed by atoms with Gasteiger partial charge >= 0.3 is 17.9 Å². The van der Waals surface area contributed by atoms with E-state index in [1.165, 1.54) is 32.1 Å². The molecule has 0 aliphatic rings. The number of hydrogen-bond acceptors (Lipinski definition) is 6. The van der Waals surface area contributed by atoms with E-state index in [2.05, 4.69) is 142 Å². The third kappa shape index (κ3) is 46.7. The van der Waals surface area contributed by atoms with Crippen LogP contribution >= 0.6 is 0 Å². The number of esters is 3. The minimum Gasteiger partial charge on any atom is -0.462 e. The van der Waals surface area contributed by atoms with Crippen molar-refractivity contribution in [1.82, 2.24) is 0 Å². The van der Waals surface area contributed by atoms with Crippen molar-refractivity contribution in [2.24, 2.45) is 0 Å². The molecule has 0 bridgehead atoms. The summed E-state index contributed by atoms with van der Waals surface area (Å²) in [4.78, 5) is 37.8. The van der Waals surface area contributed by atoms with Crippen molar-refractivity contribution in [2.75, 3.05) is 13.2 Å². The van der Waals surface area contributed by atoms with Gasteiger partial charge in [-0.15, -0.1) is 0 Å². The highest BCUT2D eigenvalue weighted by Gasteiger charge is 2.19. The minimum atomic E-state index is -0.829. The largest absolute Gasteiger partial charge is 0.462 e. The molecule has 342 valence electrons. The standard InChI is InChI=1S/C55H86O6/c1-4-7-10-13-16-19-22-24-26-27-29-30-33-36-39-42-45-48-54(57)60-51-52(50-59-53(56)47-44-41-38-35-32-21-18-15-12-9-6-3)61-55(58)49-46-43-40-37-34-31-28-25-23-20-17-14-11-8-5-2/h7,9-10,12,16-21,23-26,29-30,35-36,38-39,52H,4-6,8,11,13-15,22,27-28,31-34,37,40-51H2,1-3H3/b10-7-,12-9-,19-16-,20-17-,21-18-,25-23-,26-24-,30-29-,38-35-,39-36-. The van der Waals surface area contributed by atoms with Gasteiger partial charge in [-0.2, -0.15) is 0 Å². The minimum absolute atomic E-state index is 0.131. The summed E-state index contributed by atoms with van der Waals surface area (Å²) in [5, 5.41) is 0. The van der Waals surface area contributed by atoms with E-state index < -0.39 is 6.10 Å². The molecule has 0 N–H and O–H groups in total. The highest BCUT2D eigenvalue weighted by Crippen LogP contribution is 2.12. The summed E-state index contributed by atoms with van der Waals surface area (Å²) < 4.78 is 16.6. The first-order valence-electron chi connectivity index (χ1n) is 24.1. The Balaban J connectivity index is 4.57. The maximum atomic E-state index is 12.8. The van der Waals surface area contributed by atoms with E-state index in [1.807, 2.05) is 0 Å². The summed E-state index contributed by atoms with van der Waals surface area (Å²) in [6.45, 7) is 6.24. The SMILES string of the molecule is CC/C=C\C/C=C\C/C=C\C/C=C\C/C=C\CCCC(=O)OCC(COC(=O)CCC/C=C\C/C=C\C/C=C\CC)OC(=O)CCCCCCCC/C=C\C=C/CCCCC. The number of rotatable bonds is 41. The van der Waals surface area contributed by atoms with Gasteiger partial charge in [0.2, 0.25) is 0 Å². The predicted octanol–water partition coefficient (Wildman–Crippen LogP) is 15.7. The Morgan fingerprint density at radius 1 is 0.361 bits per heavy atom.